The second-order valence-corrected chi connectivity index (χ2v) is 8.36. The molecule has 0 radical (unpaired) electrons. The van der Waals surface area contributed by atoms with Crippen molar-refractivity contribution in [3.8, 4) is 0 Å². The van der Waals surface area contributed by atoms with Crippen molar-refractivity contribution in [3.05, 3.63) is 46.2 Å². The molecule has 2 N–H and O–H groups in total. The van der Waals surface area contributed by atoms with Crippen LogP contribution in [0.15, 0.2) is 34.5 Å². The molecular weight excluding hydrogens is 367 g/mol. The third-order valence-electron chi connectivity index (χ3n) is 3.92. The lowest BCUT2D eigenvalue weighted by atomic mass is 10.3. The molecule has 0 spiro atoms. The zero-order valence-corrected chi connectivity index (χ0v) is 14.9. The van der Waals surface area contributed by atoms with Crippen molar-refractivity contribution < 1.29 is 17.6 Å². The second-order valence-electron chi connectivity index (χ2n) is 5.48. The number of nitrogens with two attached hydrogens (primary N) is 1. The highest BCUT2D eigenvalue weighted by atomic mass is 32.2. The molecule has 0 atom stereocenters. The number of nitrogens with zero attached hydrogens (tertiary/aromatic N) is 3. The molecule has 1 fully saturated rings. The molecule has 10 heteroatoms. The molecule has 1 amide bonds. The molecule has 1 saturated heterocycles. The molecule has 1 aromatic carbocycles. The molecule has 0 bridgehead atoms. The quantitative estimate of drug-likeness (QED) is 0.844. The molecule has 134 valence electrons. The standard InChI is InChI=1S/C15H17FN4O3S2/c16-11-1-3-12(4-2-11)25(22,23)20-7-5-19(6-8-20)15(21)13-10-24-14(9-17)18-13/h1-4,10H,5-9,17H2. The number of aromatic nitrogens is 1. The lowest BCUT2D eigenvalue weighted by Gasteiger charge is -2.33. The Morgan fingerprint density at radius 2 is 1.84 bits per heavy atom. The topological polar surface area (TPSA) is 96.6 Å². The molecule has 3 rings (SSSR count). The number of thiazole rings is 1. The van der Waals surface area contributed by atoms with Gasteiger partial charge in [-0.1, -0.05) is 0 Å². The molecule has 0 saturated carbocycles. The number of piperazine rings is 1. The smallest absolute Gasteiger partial charge is 0.273 e. The fraction of sp³-hybridized carbons (Fsp3) is 0.333. The van der Waals surface area contributed by atoms with E-state index in [1.807, 2.05) is 0 Å². The van der Waals surface area contributed by atoms with E-state index in [0.29, 0.717) is 10.7 Å². The predicted molar refractivity (Wildman–Crippen MR) is 91.1 cm³/mol. The van der Waals surface area contributed by atoms with Crippen LogP contribution in [0, 0.1) is 5.82 Å². The average molecular weight is 384 g/mol. The van der Waals surface area contributed by atoms with Crippen LogP contribution >= 0.6 is 11.3 Å². The Balaban J connectivity index is 1.67. The maximum Gasteiger partial charge on any atom is 0.273 e. The van der Waals surface area contributed by atoms with Crippen LogP contribution in [0.25, 0.3) is 0 Å². The van der Waals surface area contributed by atoms with Gasteiger partial charge >= 0.3 is 0 Å². The first-order valence-corrected chi connectivity index (χ1v) is 9.93. The predicted octanol–water partition coefficient (Wildman–Crippen LogP) is 0.888. The number of hydrogen-bond acceptors (Lipinski definition) is 6. The van der Waals surface area contributed by atoms with Gasteiger partial charge in [0.2, 0.25) is 10.0 Å². The maximum atomic E-state index is 13.0. The summed E-state index contributed by atoms with van der Waals surface area (Å²) < 4.78 is 39.4. The Hall–Kier alpha value is -1.88. The Labute approximate surface area is 148 Å². The number of carbonyl (C=O) groups is 1. The maximum absolute atomic E-state index is 13.0. The van der Waals surface area contributed by atoms with Crippen molar-refractivity contribution in [2.45, 2.75) is 11.4 Å². The summed E-state index contributed by atoms with van der Waals surface area (Å²) in [4.78, 5) is 18.2. The molecule has 2 aromatic rings. The summed E-state index contributed by atoms with van der Waals surface area (Å²) in [7, 11) is -3.69. The highest BCUT2D eigenvalue weighted by Gasteiger charge is 2.31. The average Bonchev–Trinajstić information content (AvgIpc) is 3.11. The summed E-state index contributed by atoms with van der Waals surface area (Å²) in [6, 6.07) is 4.71. The van der Waals surface area contributed by atoms with Crippen molar-refractivity contribution in [1.82, 2.24) is 14.2 Å². The third-order valence-corrected chi connectivity index (χ3v) is 6.71. The number of hydrogen-bond donors (Lipinski definition) is 1. The third kappa shape index (κ3) is 3.71. The van der Waals surface area contributed by atoms with E-state index in [2.05, 4.69) is 4.98 Å². The highest BCUT2D eigenvalue weighted by molar-refractivity contribution is 7.89. The highest BCUT2D eigenvalue weighted by Crippen LogP contribution is 2.19. The first kappa shape index (κ1) is 17.9. The van der Waals surface area contributed by atoms with Crippen LogP contribution in [0.5, 0.6) is 0 Å². The molecule has 7 nitrogen and oxygen atoms in total. The van der Waals surface area contributed by atoms with Gasteiger partial charge < -0.3 is 10.6 Å². The zero-order chi connectivity index (χ0) is 18.0. The van der Waals surface area contributed by atoms with E-state index in [4.69, 9.17) is 5.73 Å². The SMILES string of the molecule is NCc1nc(C(=O)N2CCN(S(=O)(=O)c3ccc(F)cc3)CC2)cs1. The van der Waals surface area contributed by atoms with Gasteiger partial charge in [0.15, 0.2) is 0 Å². The minimum absolute atomic E-state index is 0.0424. The molecule has 0 unspecified atom stereocenters. The van der Waals surface area contributed by atoms with Gasteiger partial charge in [-0.3, -0.25) is 4.79 Å². The molecule has 25 heavy (non-hydrogen) atoms. The van der Waals surface area contributed by atoms with E-state index in [-0.39, 0.29) is 43.5 Å². The van der Waals surface area contributed by atoms with Crippen LogP contribution in [0.2, 0.25) is 0 Å². The summed E-state index contributed by atoms with van der Waals surface area (Å²) in [6.07, 6.45) is 0. The van der Waals surface area contributed by atoms with Crippen LogP contribution in [0.4, 0.5) is 4.39 Å². The minimum atomic E-state index is -3.69. The summed E-state index contributed by atoms with van der Waals surface area (Å²) in [5.41, 5.74) is 5.83. The number of sulfonamides is 1. The summed E-state index contributed by atoms with van der Waals surface area (Å²) in [5, 5.41) is 2.34. The number of carbonyl (C=O) groups excluding carboxylic acids is 1. The van der Waals surface area contributed by atoms with Crippen molar-refractivity contribution >= 4 is 27.3 Å². The van der Waals surface area contributed by atoms with E-state index in [9.17, 15) is 17.6 Å². The van der Waals surface area contributed by atoms with Crippen LogP contribution in [-0.2, 0) is 16.6 Å². The lowest BCUT2D eigenvalue weighted by molar-refractivity contribution is 0.0692. The largest absolute Gasteiger partial charge is 0.335 e. The van der Waals surface area contributed by atoms with Gasteiger partial charge in [-0.2, -0.15) is 4.31 Å². The van der Waals surface area contributed by atoms with Gasteiger partial charge in [-0.05, 0) is 24.3 Å². The van der Waals surface area contributed by atoms with Crippen LogP contribution in [0.1, 0.15) is 15.5 Å². The molecule has 2 heterocycles. The second kappa shape index (κ2) is 7.16. The molecule has 1 aromatic heterocycles. The van der Waals surface area contributed by atoms with E-state index < -0.39 is 15.8 Å². The number of rotatable bonds is 4. The monoisotopic (exact) mass is 384 g/mol. The van der Waals surface area contributed by atoms with Gasteiger partial charge in [-0.25, -0.2) is 17.8 Å². The zero-order valence-electron chi connectivity index (χ0n) is 13.3. The molecule has 0 aliphatic carbocycles. The van der Waals surface area contributed by atoms with Gasteiger partial charge in [0, 0.05) is 38.1 Å². The number of benzene rings is 1. The van der Waals surface area contributed by atoms with Crippen LogP contribution < -0.4 is 5.73 Å². The first-order chi connectivity index (χ1) is 11.9. The summed E-state index contributed by atoms with van der Waals surface area (Å²) >= 11 is 1.32. The van der Waals surface area contributed by atoms with Gasteiger partial charge in [0.1, 0.15) is 16.5 Å². The van der Waals surface area contributed by atoms with Crippen molar-refractivity contribution in [1.29, 1.82) is 0 Å². The number of amides is 1. The lowest BCUT2D eigenvalue weighted by Crippen LogP contribution is -2.50. The van der Waals surface area contributed by atoms with Gasteiger partial charge in [0.05, 0.1) is 4.90 Å². The Morgan fingerprint density at radius 1 is 1.20 bits per heavy atom. The van der Waals surface area contributed by atoms with Crippen LogP contribution in [-0.4, -0.2) is 54.7 Å². The molecule has 1 aliphatic rings. The van der Waals surface area contributed by atoms with E-state index in [1.54, 1.807) is 10.3 Å². The summed E-state index contributed by atoms with van der Waals surface area (Å²) in [5.74, 6) is -0.718. The van der Waals surface area contributed by atoms with E-state index >= 15 is 0 Å². The van der Waals surface area contributed by atoms with Crippen molar-refractivity contribution in [3.63, 3.8) is 0 Å². The van der Waals surface area contributed by atoms with Crippen LogP contribution in [0.3, 0.4) is 0 Å². The van der Waals surface area contributed by atoms with Crippen molar-refractivity contribution in [2.75, 3.05) is 26.2 Å². The molecular formula is C15H17FN4O3S2. The normalized spacial score (nSPS) is 16.2. The Morgan fingerprint density at radius 3 is 2.40 bits per heavy atom. The first-order valence-electron chi connectivity index (χ1n) is 7.61. The fourth-order valence-corrected chi connectivity index (χ4v) is 4.62. The van der Waals surface area contributed by atoms with E-state index in [1.165, 1.54) is 27.8 Å². The summed E-state index contributed by atoms with van der Waals surface area (Å²) in [6.45, 7) is 1.18. The van der Waals surface area contributed by atoms with Crippen molar-refractivity contribution in [2.24, 2.45) is 5.73 Å². The fourth-order valence-electron chi connectivity index (χ4n) is 2.55. The number of halogens is 1. The van der Waals surface area contributed by atoms with Gasteiger partial charge in [-0.15, -0.1) is 11.3 Å². The minimum Gasteiger partial charge on any atom is -0.335 e. The van der Waals surface area contributed by atoms with Gasteiger partial charge in [0.25, 0.3) is 5.91 Å². The Kier molecular flexibility index (Phi) is 5.13. The molecule has 1 aliphatic heterocycles. The Bertz CT molecular complexity index is 859. The van der Waals surface area contributed by atoms with E-state index in [0.717, 1.165) is 12.1 Å².